The Labute approximate surface area is 189 Å². The Hall–Kier alpha value is -2.45. The maximum Gasteiger partial charge on any atom is 0.315 e. The number of carbonyl (C=O) groups excluding carboxylic acids is 1. The number of amides is 2. The van der Waals surface area contributed by atoms with Crippen LogP contribution in [0, 0.1) is 0 Å². The van der Waals surface area contributed by atoms with Crippen LogP contribution >= 0.6 is 0 Å². The number of urea groups is 1. The van der Waals surface area contributed by atoms with E-state index in [1.165, 1.54) is 0 Å². The molecule has 2 aromatic rings. The van der Waals surface area contributed by atoms with Gasteiger partial charge in [-0.1, -0.05) is 60.7 Å². The van der Waals surface area contributed by atoms with Crippen LogP contribution in [-0.4, -0.2) is 42.9 Å². The summed E-state index contributed by atoms with van der Waals surface area (Å²) in [5.74, 6) is -1.46. The maximum atomic E-state index is 13.0. The lowest BCUT2D eigenvalue weighted by Gasteiger charge is -2.43. The van der Waals surface area contributed by atoms with Crippen molar-refractivity contribution < 1.29 is 23.7 Å². The molecule has 0 spiro atoms. The summed E-state index contributed by atoms with van der Waals surface area (Å²) in [5, 5.41) is 6.07. The Morgan fingerprint density at radius 2 is 1.09 bits per heavy atom. The second kappa shape index (κ2) is 9.19. The van der Waals surface area contributed by atoms with Gasteiger partial charge in [0.2, 0.25) is 0 Å². The quantitative estimate of drug-likeness (QED) is 0.749. The fraction of sp³-hybridized carbons (Fsp3) is 0.480. The minimum atomic E-state index is -0.732. The molecule has 2 fully saturated rings. The van der Waals surface area contributed by atoms with Crippen molar-refractivity contribution in [3.63, 3.8) is 0 Å². The van der Waals surface area contributed by atoms with Crippen LogP contribution in [0.5, 0.6) is 0 Å². The van der Waals surface area contributed by atoms with Gasteiger partial charge in [-0.15, -0.1) is 0 Å². The summed E-state index contributed by atoms with van der Waals surface area (Å²) in [6.07, 6.45) is -0.651. The topological polar surface area (TPSA) is 78.1 Å². The molecule has 0 unspecified atom stereocenters. The van der Waals surface area contributed by atoms with E-state index in [4.69, 9.17) is 18.9 Å². The fourth-order valence-electron chi connectivity index (χ4n) is 4.10. The Morgan fingerprint density at radius 1 is 0.719 bits per heavy atom. The Morgan fingerprint density at radius 3 is 1.47 bits per heavy atom. The van der Waals surface area contributed by atoms with Gasteiger partial charge in [0.25, 0.3) is 0 Å². The second-order valence-corrected chi connectivity index (χ2v) is 9.15. The lowest BCUT2D eigenvalue weighted by molar-refractivity contribution is -0.285. The number of nitrogens with one attached hydrogen (secondary N) is 2. The number of rotatable bonds is 4. The first kappa shape index (κ1) is 22.7. The zero-order valence-corrected chi connectivity index (χ0v) is 19.0. The molecule has 0 aliphatic carbocycles. The first-order chi connectivity index (χ1) is 15.2. The van der Waals surface area contributed by atoms with E-state index in [-0.39, 0.29) is 30.3 Å². The van der Waals surface area contributed by atoms with Gasteiger partial charge >= 0.3 is 6.03 Å². The molecule has 4 rings (SSSR count). The van der Waals surface area contributed by atoms with Crippen LogP contribution in [-0.2, 0) is 18.9 Å². The number of hydrogen-bond acceptors (Lipinski definition) is 5. The zero-order chi connectivity index (χ0) is 22.8. The van der Waals surface area contributed by atoms with Crippen LogP contribution in [0.3, 0.4) is 0 Å². The zero-order valence-electron chi connectivity index (χ0n) is 19.0. The summed E-state index contributed by atoms with van der Waals surface area (Å²) < 4.78 is 24.0. The van der Waals surface area contributed by atoms with E-state index < -0.39 is 11.6 Å². The summed E-state index contributed by atoms with van der Waals surface area (Å²) in [6.45, 7) is 8.19. The Bertz CT molecular complexity index is 830. The SMILES string of the molecule is CC1(C)OC[C@@H](NC(=O)N[C@@H]2COC(C)(C)O[C@@H]2c2ccccc2)[C@@H](c2ccccc2)O1. The van der Waals surface area contributed by atoms with Gasteiger partial charge in [-0.25, -0.2) is 4.79 Å². The minimum Gasteiger partial charge on any atom is -0.348 e. The molecule has 0 aromatic heterocycles. The molecule has 2 aliphatic heterocycles. The van der Waals surface area contributed by atoms with Crippen molar-refractivity contribution >= 4 is 6.03 Å². The molecule has 7 nitrogen and oxygen atoms in total. The van der Waals surface area contributed by atoms with Crippen LogP contribution < -0.4 is 10.6 Å². The molecule has 2 saturated heterocycles. The third-order valence-corrected chi connectivity index (χ3v) is 5.66. The molecule has 4 atom stereocenters. The van der Waals surface area contributed by atoms with Crippen LogP contribution in [0.15, 0.2) is 60.7 Å². The van der Waals surface area contributed by atoms with E-state index in [0.29, 0.717) is 13.2 Å². The van der Waals surface area contributed by atoms with Gasteiger partial charge in [-0.05, 0) is 38.8 Å². The number of carbonyl (C=O) groups is 1. The van der Waals surface area contributed by atoms with Crippen molar-refractivity contribution in [3.8, 4) is 0 Å². The van der Waals surface area contributed by atoms with Crippen molar-refractivity contribution in [1.29, 1.82) is 0 Å². The summed E-state index contributed by atoms with van der Waals surface area (Å²) in [4.78, 5) is 13.0. The van der Waals surface area contributed by atoms with Crippen LogP contribution in [0.4, 0.5) is 4.79 Å². The monoisotopic (exact) mass is 440 g/mol. The van der Waals surface area contributed by atoms with Crippen molar-refractivity contribution in [1.82, 2.24) is 10.6 Å². The van der Waals surface area contributed by atoms with Gasteiger partial charge in [-0.2, -0.15) is 0 Å². The first-order valence-corrected chi connectivity index (χ1v) is 11.0. The lowest BCUT2D eigenvalue weighted by atomic mass is 10.00. The van der Waals surface area contributed by atoms with E-state index in [1.807, 2.05) is 88.4 Å². The molecule has 0 radical (unpaired) electrons. The molecule has 2 aromatic carbocycles. The standard InChI is InChI=1S/C25H32N2O5/c1-24(2)29-15-19(21(31-24)17-11-7-5-8-12-17)26-23(28)27-20-16-30-25(3,4)32-22(20)18-13-9-6-10-14-18/h5-14,19-22H,15-16H2,1-4H3,(H2,26,27,28)/t19-,20-,21-,22-/m1/s1. The van der Waals surface area contributed by atoms with Crippen molar-refractivity contribution in [2.45, 2.75) is 63.6 Å². The molecule has 2 amide bonds. The highest BCUT2D eigenvalue weighted by molar-refractivity contribution is 5.75. The van der Waals surface area contributed by atoms with Crippen molar-refractivity contribution in [2.75, 3.05) is 13.2 Å². The van der Waals surface area contributed by atoms with E-state index in [0.717, 1.165) is 11.1 Å². The van der Waals surface area contributed by atoms with Crippen LogP contribution in [0.2, 0.25) is 0 Å². The summed E-state index contributed by atoms with van der Waals surface area (Å²) >= 11 is 0. The van der Waals surface area contributed by atoms with Crippen LogP contribution in [0.25, 0.3) is 0 Å². The van der Waals surface area contributed by atoms with E-state index >= 15 is 0 Å². The molecule has 7 heteroatoms. The van der Waals surface area contributed by atoms with Gasteiger partial charge in [0, 0.05) is 0 Å². The molecule has 2 N–H and O–H groups in total. The predicted molar refractivity (Wildman–Crippen MR) is 120 cm³/mol. The molecular weight excluding hydrogens is 408 g/mol. The molecule has 0 saturated carbocycles. The lowest BCUT2D eigenvalue weighted by Crippen LogP contribution is -2.58. The molecule has 0 bridgehead atoms. The molecule has 32 heavy (non-hydrogen) atoms. The number of benzene rings is 2. The average molecular weight is 441 g/mol. The summed E-state index contributed by atoms with van der Waals surface area (Å²) in [7, 11) is 0. The molecule has 172 valence electrons. The van der Waals surface area contributed by atoms with E-state index in [2.05, 4.69) is 10.6 Å². The van der Waals surface area contributed by atoms with Crippen molar-refractivity contribution in [2.24, 2.45) is 0 Å². The highest BCUT2D eigenvalue weighted by Crippen LogP contribution is 2.34. The predicted octanol–water partition coefficient (Wildman–Crippen LogP) is 4.07. The first-order valence-electron chi connectivity index (χ1n) is 11.0. The molecular formula is C25H32N2O5. The second-order valence-electron chi connectivity index (χ2n) is 9.15. The van der Waals surface area contributed by atoms with Gasteiger partial charge in [0.1, 0.15) is 12.2 Å². The van der Waals surface area contributed by atoms with Gasteiger partial charge in [0.15, 0.2) is 11.6 Å². The largest absolute Gasteiger partial charge is 0.348 e. The van der Waals surface area contributed by atoms with Crippen LogP contribution in [0.1, 0.15) is 51.0 Å². The van der Waals surface area contributed by atoms with Gasteiger partial charge in [-0.3, -0.25) is 0 Å². The summed E-state index contributed by atoms with van der Waals surface area (Å²) in [6, 6.07) is 18.7. The number of hydrogen-bond donors (Lipinski definition) is 2. The third-order valence-electron chi connectivity index (χ3n) is 5.66. The molecule has 2 aliphatic rings. The van der Waals surface area contributed by atoms with Crippen molar-refractivity contribution in [3.05, 3.63) is 71.8 Å². The Balaban J connectivity index is 1.46. The van der Waals surface area contributed by atoms with E-state index in [9.17, 15) is 4.79 Å². The summed E-state index contributed by atoms with van der Waals surface area (Å²) in [5.41, 5.74) is 1.98. The molecule has 2 heterocycles. The maximum absolute atomic E-state index is 13.0. The normalized spacial score (nSPS) is 29.1. The van der Waals surface area contributed by atoms with E-state index in [1.54, 1.807) is 0 Å². The fourth-order valence-corrected chi connectivity index (χ4v) is 4.10. The minimum absolute atomic E-state index is 0.319. The highest BCUT2D eigenvalue weighted by Gasteiger charge is 2.41. The highest BCUT2D eigenvalue weighted by atomic mass is 16.7. The average Bonchev–Trinajstić information content (AvgIpc) is 2.77. The smallest absolute Gasteiger partial charge is 0.315 e. The van der Waals surface area contributed by atoms with Gasteiger partial charge < -0.3 is 29.6 Å². The Kier molecular flexibility index (Phi) is 6.53. The number of ether oxygens (including phenoxy) is 4. The van der Waals surface area contributed by atoms with Gasteiger partial charge in [0.05, 0.1) is 25.3 Å². The third kappa shape index (κ3) is 5.48.